The van der Waals surface area contributed by atoms with Gasteiger partial charge in [-0.3, -0.25) is 33.8 Å². The number of carbonyl (C=O) groups excluding carboxylic acids is 6. The zero-order valence-corrected chi connectivity index (χ0v) is 27.4. The van der Waals surface area contributed by atoms with Gasteiger partial charge in [-0.25, -0.2) is 4.98 Å². The topological polar surface area (TPSA) is 194 Å². The standard InChI is InChI=1S/C33H49N7O6/c1-5-10-22(26(41)28(34)42)37-31(45)25-21-14-9-13-20(21)18-40(25)32(46)27(33(2,3)4)39-30(44)24(19-11-7-6-8-12-19)38-29(43)23-17-35-15-16-36-23/h15-17,19-22,24-25,27H,5-14,18H2,1-4H3,(H2,34,42)(H,37,45)(H,38,43)(H,39,44)/t20-,21-,22-,24-,25-,27+/m0/s1. The van der Waals surface area contributed by atoms with Crippen LogP contribution in [0.2, 0.25) is 0 Å². The first-order valence-electron chi connectivity index (χ1n) is 16.6. The zero-order valence-electron chi connectivity index (χ0n) is 27.4. The molecule has 2 aliphatic carbocycles. The van der Waals surface area contributed by atoms with Gasteiger partial charge in [0.2, 0.25) is 23.5 Å². The van der Waals surface area contributed by atoms with Crippen LogP contribution in [0.3, 0.4) is 0 Å². The number of hydrogen-bond acceptors (Lipinski definition) is 8. The molecule has 46 heavy (non-hydrogen) atoms. The third-order valence-corrected chi connectivity index (χ3v) is 9.78. The molecule has 252 valence electrons. The maximum atomic E-state index is 14.5. The van der Waals surface area contributed by atoms with Gasteiger partial charge in [0.1, 0.15) is 23.8 Å². The second-order valence-corrected chi connectivity index (χ2v) is 14.1. The van der Waals surface area contributed by atoms with Crippen molar-refractivity contribution in [2.24, 2.45) is 28.9 Å². The van der Waals surface area contributed by atoms with Gasteiger partial charge in [0, 0.05) is 18.9 Å². The van der Waals surface area contributed by atoms with E-state index in [0.29, 0.717) is 13.0 Å². The number of nitrogens with zero attached hydrogens (tertiary/aromatic N) is 3. The van der Waals surface area contributed by atoms with E-state index in [1.54, 1.807) is 4.90 Å². The molecule has 13 nitrogen and oxygen atoms in total. The van der Waals surface area contributed by atoms with Gasteiger partial charge < -0.3 is 26.6 Å². The second kappa shape index (κ2) is 15.1. The third-order valence-electron chi connectivity index (χ3n) is 9.78. The van der Waals surface area contributed by atoms with E-state index >= 15 is 0 Å². The van der Waals surface area contributed by atoms with Crippen molar-refractivity contribution in [3.63, 3.8) is 0 Å². The molecule has 1 saturated heterocycles. The van der Waals surface area contributed by atoms with Gasteiger partial charge >= 0.3 is 0 Å². The van der Waals surface area contributed by atoms with E-state index in [0.717, 1.165) is 51.4 Å². The van der Waals surface area contributed by atoms with Crippen LogP contribution in [0.1, 0.15) is 102 Å². The molecule has 0 bridgehead atoms. The Kier molecular flexibility index (Phi) is 11.5. The first-order valence-corrected chi connectivity index (χ1v) is 16.6. The quantitative estimate of drug-likeness (QED) is 0.248. The average molecular weight is 640 g/mol. The maximum Gasteiger partial charge on any atom is 0.287 e. The number of rotatable bonds is 12. The van der Waals surface area contributed by atoms with Crippen LogP contribution in [-0.2, 0) is 24.0 Å². The van der Waals surface area contributed by atoms with Crippen LogP contribution >= 0.6 is 0 Å². The van der Waals surface area contributed by atoms with Crippen molar-refractivity contribution in [2.75, 3.05) is 6.54 Å². The number of primary amides is 1. The summed E-state index contributed by atoms with van der Waals surface area (Å²) in [5.74, 6) is -3.98. The summed E-state index contributed by atoms with van der Waals surface area (Å²) in [6.07, 6.45) is 12.0. The van der Waals surface area contributed by atoms with Crippen molar-refractivity contribution >= 4 is 35.3 Å². The van der Waals surface area contributed by atoms with Crippen LogP contribution in [0.15, 0.2) is 18.6 Å². The van der Waals surface area contributed by atoms with Gasteiger partial charge in [-0.05, 0) is 55.3 Å². The molecule has 4 rings (SSSR count). The van der Waals surface area contributed by atoms with Crippen molar-refractivity contribution in [1.29, 1.82) is 0 Å². The largest absolute Gasteiger partial charge is 0.363 e. The molecule has 3 fully saturated rings. The molecule has 13 heteroatoms. The van der Waals surface area contributed by atoms with Crippen molar-refractivity contribution in [1.82, 2.24) is 30.8 Å². The highest BCUT2D eigenvalue weighted by atomic mass is 16.2. The summed E-state index contributed by atoms with van der Waals surface area (Å²) in [4.78, 5) is 89.2. The van der Waals surface area contributed by atoms with Crippen molar-refractivity contribution in [3.05, 3.63) is 24.3 Å². The first-order chi connectivity index (χ1) is 21.8. The SMILES string of the molecule is CCC[C@H](NC(=O)[C@@H]1[C@H]2CCC[C@H]2CN1C(=O)[C@@H](NC(=O)[C@@H](NC(=O)c1cnccn1)C1CCCCC1)C(C)(C)C)C(=O)C(N)=O. The average Bonchev–Trinajstić information content (AvgIpc) is 3.63. The maximum absolute atomic E-state index is 14.5. The molecule has 2 saturated carbocycles. The van der Waals surface area contributed by atoms with E-state index in [-0.39, 0.29) is 29.9 Å². The van der Waals surface area contributed by atoms with Gasteiger partial charge in [0.05, 0.1) is 12.2 Å². The van der Waals surface area contributed by atoms with Gasteiger partial charge in [-0.15, -0.1) is 0 Å². The van der Waals surface area contributed by atoms with Gasteiger partial charge in [-0.1, -0.05) is 59.8 Å². The molecule has 2 heterocycles. The summed E-state index contributed by atoms with van der Waals surface area (Å²) in [5, 5.41) is 8.57. The predicted octanol–water partition coefficient (Wildman–Crippen LogP) is 1.65. The Morgan fingerprint density at radius 3 is 2.28 bits per heavy atom. The number of amides is 5. The van der Waals surface area contributed by atoms with Gasteiger partial charge in [0.15, 0.2) is 0 Å². The third kappa shape index (κ3) is 8.08. The number of Topliss-reactive ketones (excluding diaryl/α,β-unsaturated/α-hetero) is 1. The number of nitrogens with two attached hydrogens (primary N) is 1. The first kappa shape index (κ1) is 35.0. The molecule has 3 aliphatic rings. The molecule has 1 aliphatic heterocycles. The Balaban J connectivity index is 1.58. The molecule has 5 amide bonds. The Labute approximate surface area is 270 Å². The lowest BCUT2D eigenvalue weighted by Crippen LogP contribution is -2.62. The lowest BCUT2D eigenvalue weighted by atomic mass is 9.82. The number of carbonyl (C=O) groups is 6. The van der Waals surface area contributed by atoms with Crippen molar-refractivity contribution in [3.8, 4) is 0 Å². The van der Waals surface area contributed by atoms with Crippen LogP contribution in [0.25, 0.3) is 0 Å². The van der Waals surface area contributed by atoms with Gasteiger partial charge in [0.25, 0.3) is 11.8 Å². The molecular formula is C33H49N7O6. The Bertz CT molecular complexity index is 1290. The Morgan fingerprint density at radius 1 is 0.957 bits per heavy atom. The molecule has 0 radical (unpaired) electrons. The minimum atomic E-state index is -1.12. The smallest absolute Gasteiger partial charge is 0.287 e. The number of nitrogens with one attached hydrogen (secondary N) is 3. The van der Waals surface area contributed by atoms with Crippen LogP contribution in [-0.4, -0.2) is 80.9 Å². The fraction of sp³-hybridized carbons (Fsp3) is 0.697. The summed E-state index contributed by atoms with van der Waals surface area (Å²) >= 11 is 0. The van der Waals surface area contributed by atoms with Crippen LogP contribution < -0.4 is 21.7 Å². The minimum absolute atomic E-state index is 0.0909. The summed E-state index contributed by atoms with van der Waals surface area (Å²) in [6.45, 7) is 7.72. The fourth-order valence-electron chi connectivity index (χ4n) is 7.40. The van der Waals surface area contributed by atoms with Gasteiger partial charge in [-0.2, -0.15) is 0 Å². The highest BCUT2D eigenvalue weighted by Crippen LogP contribution is 2.43. The van der Waals surface area contributed by atoms with E-state index in [9.17, 15) is 28.8 Å². The van der Waals surface area contributed by atoms with E-state index in [2.05, 4.69) is 25.9 Å². The molecule has 0 unspecified atom stereocenters. The predicted molar refractivity (Wildman–Crippen MR) is 169 cm³/mol. The van der Waals surface area contributed by atoms with E-state index in [1.165, 1.54) is 18.6 Å². The van der Waals surface area contributed by atoms with E-state index in [1.807, 2.05) is 27.7 Å². The molecule has 5 N–H and O–H groups in total. The summed E-state index contributed by atoms with van der Waals surface area (Å²) in [7, 11) is 0. The number of aromatic nitrogens is 2. The lowest BCUT2D eigenvalue weighted by Gasteiger charge is -2.38. The second-order valence-electron chi connectivity index (χ2n) is 14.1. The highest BCUT2D eigenvalue weighted by molar-refractivity contribution is 6.37. The van der Waals surface area contributed by atoms with E-state index in [4.69, 9.17) is 5.73 Å². The summed E-state index contributed by atoms with van der Waals surface area (Å²) in [5.41, 5.74) is 4.60. The van der Waals surface area contributed by atoms with Crippen molar-refractivity contribution < 1.29 is 28.8 Å². The summed E-state index contributed by atoms with van der Waals surface area (Å²) < 4.78 is 0. The summed E-state index contributed by atoms with van der Waals surface area (Å²) in [6, 6.07) is -3.82. The Hall–Kier alpha value is -3.90. The number of fused-ring (bicyclic) bond motifs is 1. The molecule has 0 spiro atoms. The monoisotopic (exact) mass is 639 g/mol. The van der Waals surface area contributed by atoms with Crippen LogP contribution in [0, 0.1) is 23.2 Å². The van der Waals surface area contributed by atoms with Crippen LogP contribution in [0.4, 0.5) is 0 Å². The zero-order chi connectivity index (χ0) is 33.6. The molecule has 1 aromatic heterocycles. The molecule has 0 aromatic carbocycles. The van der Waals surface area contributed by atoms with Crippen molar-refractivity contribution in [2.45, 2.75) is 116 Å². The number of hydrogen-bond donors (Lipinski definition) is 4. The fourth-order valence-corrected chi connectivity index (χ4v) is 7.40. The highest BCUT2D eigenvalue weighted by Gasteiger charge is 2.52. The normalized spacial score (nSPS) is 23.5. The number of likely N-dealkylation sites (tertiary alicyclic amines) is 1. The number of ketones is 1. The Morgan fingerprint density at radius 2 is 1.67 bits per heavy atom. The minimum Gasteiger partial charge on any atom is -0.363 e. The molecular weight excluding hydrogens is 590 g/mol. The molecule has 6 atom stereocenters. The van der Waals surface area contributed by atoms with E-state index < -0.39 is 64.9 Å². The lowest BCUT2D eigenvalue weighted by molar-refractivity contribution is -0.146. The van der Waals surface area contributed by atoms with Crippen LogP contribution in [0.5, 0.6) is 0 Å². The molecule has 1 aromatic rings.